The first kappa shape index (κ1) is 20.1. The van der Waals surface area contributed by atoms with Gasteiger partial charge in [-0.15, -0.1) is 0 Å². The van der Waals surface area contributed by atoms with E-state index in [-0.39, 0.29) is 17.0 Å². The van der Waals surface area contributed by atoms with Gasteiger partial charge in [0.1, 0.15) is 0 Å². The summed E-state index contributed by atoms with van der Waals surface area (Å²) in [6, 6.07) is 12.8. The summed E-state index contributed by atoms with van der Waals surface area (Å²) in [5.41, 5.74) is 6.49. The lowest BCUT2D eigenvalue weighted by Crippen LogP contribution is -2.44. The Morgan fingerprint density at radius 3 is 2.44 bits per heavy atom. The van der Waals surface area contributed by atoms with Gasteiger partial charge < -0.3 is 11.1 Å². The van der Waals surface area contributed by atoms with Crippen LogP contribution < -0.4 is 15.8 Å². The van der Waals surface area contributed by atoms with Gasteiger partial charge in [0.15, 0.2) is 0 Å². The number of benzene rings is 2. The number of carbonyl (C=O) groups is 2. The van der Waals surface area contributed by atoms with Crippen molar-refractivity contribution in [2.45, 2.75) is 24.4 Å². The summed E-state index contributed by atoms with van der Waals surface area (Å²) in [6.45, 7) is 1.57. The van der Waals surface area contributed by atoms with E-state index in [1.54, 1.807) is 24.3 Å². The number of amides is 2. The van der Waals surface area contributed by atoms with Gasteiger partial charge in [-0.05, 0) is 48.9 Å². The molecular weight excluding hydrogens is 368 g/mol. The summed E-state index contributed by atoms with van der Waals surface area (Å²) in [4.78, 5) is 23.1. The zero-order valence-electron chi connectivity index (χ0n) is 14.5. The van der Waals surface area contributed by atoms with Crippen LogP contribution in [0.3, 0.4) is 0 Å². The molecule has 27 heavy (non-hydrogen) atoms. The molecular formula is C18H18N4O4S. The molecule has 0 spiro atoms. The van der Waals surface area contributed by atoms with E-state index in [0.29, 0.717) is 5.56 Å². The van der Waals surface area contributed by atoms with Crippen LogP contribution in [0.25, 0.3) is 0 Å². The molecule has 0 unspecified atom stereocenters. The number of hydrogen-bond acceptors (Lipinski definition) is 5. The number of nitrogens with two attached hydrogens (primary N) is 1. The van der Waals surface area contributed by atoms with Gasteiger partial charge in [-0.25, -0.2) is 8.42 Å². The van der Waals surface area contributed by atoms with Crippen LogP contribution in [0.1, 0.15) is 28.4 Å². The molecule has 8 nitrogen and oxygen atoms in total. The van der Waals surface area contributed by atoms with Crippen molar-refractivity contribution in [3.8, 4) is 6.07 Å². The Kier molecular flexibility index (Phi) is 6.28. The van der Waals surface area contributed by atoms with E-state index in [2.05, 4.69) is 10.0 Å². The third kappa shape index (κ3) is 5.37. The van der Waals surface area contributed by atoms with Crippen molar-refractivity contribution in [2.24, 2.45) is 5.73 Å². The monoisotopic (exact) mass is 386 g/mol. The summed E-state index contributed by atoms with van der Waals surface area (Å²) >= 11 is 0. The van der Waals surface area contributed by atoms with Gasteiger partial charge in [0.05, 0.1) is 22.6 Å². The number of hydrogen-bond donors (Lipinski definition) is 3. The second-order valence-electron chi connectivity index (χ2n) is 5.76. The van der Waals surface area contributed by atoms with E-state index in [1.807, 2.05) is 6.07 Å². The van der Waals surface area contributed by atoms with Crippen molar-refractivity contribution in [3.63, 3.8) is 0 Å². The van der Waals surface area contributed by atoms with Crippen molar-refractivity contribution >= 4 is 21.8 Å². The van der Waals surface area contributed by atoms with Gasteiger partial charge in [0.25, 0.3) is 0 Å². The van der Waals surface area contributed by atoms with Crippen molar-refractivity contribution in [1.82, 2.24) is 10.0 Å². The Morgan fingerprint density at radius 1 is 1.19 bits per heavy atom. The van der Waals surface area contributed by atoms with Gasteiger partial charge in [0, 0.05) is 12.1 Å². The van der Waals surface area contributed by atoms with E-state index in [0.717, 1.165) is 5.56 Å². The molecule has 0 bridgehead atoms. The van der Waals surface area contributed by atoms with Gasteiger partial charge >= 0.3 is 0 Å². The molecule has 0 saturated heterocycles. The minimum Gasteiger partial charge on any atom is -0.366 e. The molecule has 2 aromatic rings. The summed E-state index contributed by atoms with van der Waals surface area (Å²) in [7, 11) is -3.95. The van der Waals surface area contributed by atoms with E-state index in [1.165, 1.54) is 31.2 Å². The zero-order valence-corrected chi connectivity index (χ0v) is 15.3. The number of nitriles is 1. The van der Waals surface area contributed by atoms with Gasteiger partial charge in [-0.3, -0.25) is 9.59 Å². The minimum absolute atomic E-state index is 0.0890. The van der Waals surface area contributed by atoms with E-state index < -0.39 is 27.9 Å². The zero-order chi connectivity index (χ0) is 20.0. The van der Waals surface area contributed by atoms with E-state index >= 15 is 0 Å². The molecule has 0 aliphatic heterocycles. The maximum atomic E-state index is 12.3. The lowest BCUT2D eigenvalue weighted by Gasteiger charge is -2.15. The largest absolute Gasteiger partial charge is 0.366 e. The number of nitrogens with one attached hydrogen (secondary N) is 2. The molecule has 1 atom stereocenters. The number of sulfonamides is 1. The highest BCUT2D eigenvalue weighted by Gasteiger charge is 2.22. The Labute approximate surface area is 157 Å². The van der Waals surface area contributed by atoms with E-state index in [9.17, 15) is 18.0 Å². The number of rotatable bonds is 7. The molecule has 0 aromatic heterocycles. The minimum atomic E-state index is -3.95. The van der Waals surface area contributed by atoms with Crippen LogP contribution >= 0.6 is 0 Å². The fraction of sp³-hybridized carbons (Fsp3) is 0.167. The molecule has 0 heterocycles. The molecule has 0 fully saturated rings. The molecule has 0 aliphatic carbocycles. The second-order valence-corrected chi connectivity index (χ2v) is 7.48. The van der Waals surface area contributed by atoms with Crippen LogP contribution in [0.4, 0.5) is 0 Å². The number of nitrogens with zero attached hydrogens (tertiary/aromatic N) is 1. The molecule has 9 heteroatoms. The van der Waals surface area contributed by atoms with Gasteiger partial charge in [-0.2, -0.15) is 9.98 Å². The predicted molar refractivity (Wildman–Crippen MR) is 97.7 cm³/mol. The highest BCUT2D eigenvalue weighted by molar-refractivity contribution is 7.89. The number of primary amides is 1. The van der Waals surface area contributed by atoms with Crippen LogP contribution in [-0.4, -0.2) is 26.3 Å². The van der Waals surface area contributed by atoms with Crippen molar-refractivity contribution in [3.05, 3.63) is 65.2 Å². The van der Waals surface area contributed by atoms with Crippen molar-refractivity contribution < 1.29 is 18.0 Å². The molecule has 0 aliphatic rings. The summed E-state index contributed by atoms with van der Waals surface area (Å²) in [6.07, 6.45) is 0. The third-order valence-corrected chi connectivity index (χ3v) is 5.25. The first-order valence-corrected chi connectivity index (χ1v) is 9.40. The van der Waals surface area contributed by atoms with Crippen LogP contribution in [0, 0.1) is 11.3 Å². The average molecular weight is 386 g/mol. The molecule has 4 N–H and O–H groups in total. The Bertz CT molecular complexity index is 995. The summed E-state index contributed by atoms with van der Waals surface area (Å²) in [5, 5.41) is 11.5. The highest BCUT2D eigenvalue weighted by Crippen LogP contribution is 2.11. The smallest absolute Gasteiger partial charge is 0.248 e. The topological polar surface area (TPSA) is 142 Å². The molecule has 2 rings (SSSR count). The van der Waals surface area contributed by atoms with Gasteiger partial charge in [0.2, 0.25) is 21.8 Å². The summed E-state index contributed by atoms with van der Waals surface area (Å²) in [5.74, 6) is -1.19. The van der Waals surface area contributed by atoms with E-state index in [4.69, 9.17) is 11.0 Å². The molecule has 0 saturated carbocycles. The standard InChI is InChI=1S/C18H18N4O4S/c1-12(18(24)21-11-14-4-2-3-13(9-14)10-19)22-27(25,26)16-7-5-15(6-8-16)17(20)23/h2-9,12,22H,11H2,1H3,(H2,20,23)(H,21,24)/t12-/m0/s1. The second kappa shape index (κ2) is 8.44. The number of carbonyl (C=O) groups excluding carboxylic acids is 2. The average Bonchev–Trinajstić information content (AvgIpc) is 2.65. The predicted octanol–water partition coefficient (Wildman–Crippen LogP) is 0.640. The molecule has 0 radical (unpaired) electrons. The molecule has 140 valence electrons. The fourth-order valence-electron chi connectivity index (χ4n) is 2.25. The lowest BCUT2D eigenvalue weighted by molar-refractivity contribution is -0.122. The third-order valence-electron chi connectivity index (χ3n) is 3.70. The maximum Gasteiger partial charge on any atom is 0.248 e. The van der Waals surface area contributed by atoms with Crippen LogP contribution in [0.5, 0.6) is 0 Å². The van der Waals surface area contributed by atoms with Crippen molar-refractivity contribution in [2.75, 3.05) is 0 Å². The van der Waals surface area contributed by atoms with Crippen LogP contribution in [-0.2, 0) is 21.4 Å². The Balaban J connectivity index is 1.99. The van der Waals surface area contributed by atoms with Crippen LogP contribution in [0.15, 0.2) is 53.4 Å². The normalized spacial score (nSPS) is 12.0. The first-order chi connectivity index (χ1) is 12.7. The lowest BCUT2D eigenvalue weighted by atomic mass is 10.1. The fourth-order valence-corrected chi connectivity index (χ4v) is 3.45. The first-order valence-electron chi connectivity index (χ1n) is 7.92. The maximum absolute atomic E-state index is 12.3. The Hall–Kier alpha value is -3.22. The van der Waals surface area contributed by atoms with Gasteiger partial charge in [-0.1, -0.05) is 12.1 Å². The Morgan fingerprint density at radius 2 is 1.85 bits per heavy atom. The van der Waals surface area contributed by atoms with Crippen LogP contribution in [0.2, 0.25) is 0 Å². The van der Waals surface area contributed by atoms with Crippen molar-refractivity contribution in [1.29, 1.82) is 5.26 Å². The highest BCUT2D eigenvalue weighted by atomic mass is 32.2. The molecule has 2 amide bonds. The quantitative estimate of drug-likeness (QED) is 0.640. The summed E-state index contributed by atoms with van der Waals surface area (Å²) < 4.78 is 27.0. The molecule has 2 aromatic carbocycles. The SMILES string of the molecule is C[C@H](NS(=O)(=O)c1ccc(C(N)=O)cc1)C(=O)NCc1cccc(C#N)c1.